The molecule has 8 nitrogen and oxygen atoms in total. The van der Waals surface area contributed by atoms with Crippen LogP contribution in [0.5, 0.6) is 0 Å². The van der Waals surface area contributed by atoms with E-state index in [9.17, 15) is 4.79 Å². The van der Waals surface area contributed by atoms with Crippen molar-refractivity contribution in [2.24, 2.45) is 0 Å². The highest BCUT2D eigenvalue weighted by atomic mass is 16.5. The first-order valence-corrected chi connectivity index (χ1v) is 11.4. The number of tetrazole rings is 1. The van der Waals surface area contributed by atoms with Crippen LogP contribution in [0.1, 0.15) is 66.7 Å². The third-order valence-corrected chi connectivity index (χ3v) is 6.71. The molecule has 1 N–H and O–H groups in total. The van der Waals surface area contributed by atoms with Crippen LogP contribution in [0.15, 0.2) is 23.0 Å². The van der Waals surface area contributed by atoms with Crippen molar-refractivity contribution in [1.82, 2.24) is 30.1 Å². The van der Waals surface area contributed by atoms with Crippen molar-refractivity contribution in [1.29, 1.82) is 0 Å². The van der Waals surface area contributed by atoms with E-state index in [1.54, 1.807) is 0 Å². The predicted molar refractivity (Wildman–Crippen MR) is 118 cm³/mol. The molecule has 1 saturated carbocycles. The Balaban J connectivity index is 1.65. The van der Waals surface area contributed by atoms with Crippen molar-refractivity contribution < 1.29 is 4.74 Å². The number of H-pyrrole nitrogens is 1. The SMILES string of the molecule is Cc1cc(C)c2[nH]c(=O)c([C@@H](c3nnnn3C3CCCCC3)N3CCOCC3)cc2c1. The fourth-order valence-electron chi connectivity index (χ4n) is 5.21. The molecule has 0 spiro atoms. The number of aryl methyl sites for hydroxylation is 2. The summed E-state index contributed by atoms with van der Waals surface area (Å²) in [6.07, 6.45) is 5.83. The first-order valence-electron chi connectivity index (χ1n) is 11.4. The maximum atomic E-state index is 13.3. The molecule has 2 aliphatic rings. The second-order valence-corrected chi connectivity index (χ2v) is 8.92. The summed E-state index contributed by atoms with van der Waals surface area (Å²) in [6.45, 7) is 6.89. The van der Waals surface area contributed by atoms with Gasteiger partial charge in [0.15, 0.2) is 5.82 Å². The number of pyridine rings is 1. The number of ether oxygens (including phenoxy) is 1. The quantitative estimate of drug-likeness (QED) is 0.695. The Hall–Kier alpha value is -2.58. The van der Waals surface area contributed by atoms with E-state index in [2.05, 4.69) is 44.5 Å². The lowest BCUT2D eigenvalue weighted by Gasteiger charge is -2.34. The molecule has 1 aliphatic heterocycles. The molecular formula is C23H30N6O2. The minimum atomic E-state index is -0.296. The number of hydrogen-bond acceptors (Lipinski definition) is 6. The molecule has 5 rings (SSSR count). The molecule has 1 saturated heterocycles. The van der Waals surface area contributed by atoms with Gasteiger partial charge in [-0.2, -0.15) is 0 Å². The van der Waals surface area contributed by atoms with Gasteiger partial charge in [0.25, 0.3) is 5.56 Å². The van der Waals surface area contributed by atoms with Crippen molar-refractivity contribution >= 4 is 10.9 Å². The summed E-state index contributed by atoms with van der Waals surface area (Å²) in [5.74, 6) is 0.767. The molecule has 0 radical (unpaired) electrons. The molecule has 1 atom stereocenters. The summed E-state index contributed by atoms with van der Waals surface area (Å²) >= 11 is 0. The highest BCUT2D eigenvalue weighted by Gasteiger charge is 2.33. The van der Waals surface area contributed by atoms with E-state index in [0.717, 1.165) is 48.2 Å². The minimum Gasteiger partial charge on any atom is -0.379 e. The number of nitrogens with zero attached hydrogens (tertiary/aromatic N) is 5. The second kappa shape index (κ2) is 8.51. The third-order valence-electron chi connectivity index (χ3n) is 6.71. The number of benzene rings is 1. The first-order chi connectivity index (χ1) is 15.1. The fourth-order valence-corrected chi connectivity index (χ4v) is 5.21. The van der Waals surface area contributed by atoms with E-state index in [0.29, 0.717) is 24.8 Å². The van der Waals surface area contributed by atoms with Crippen LogP contribution in [-0.4, -0.2) is 56.4 Å². The van der Waals surface area contributed by atoms with Gasteiger partial charge in [0.2, 0.25) is 0 Å². The molecule has 1 aliphatic carbocycles. The topological polar surface area (TPSA) is 88.9 Å². The van der Waals surface area contributed by atoms with Gasteiger partial charge in [-0.05, 0) is 60.2 Å². The zero-order valence-corrected chi connectivity index (χ0v) is 18.3. The Morgan fingerprint density at radius 3 is 2.65 bits per heavy atom. The summed E-state index contributed by atoms with van der Waals surface area (Å²) in [5, 5.41) is 13.9. The Morgan fingerprint density at radius 1 is 1.10 bits per heavy atom. The second-order valence-electron chi connectivity index (χ2n) is 8.92. The molecule has 1 aromatic carbocycles. The van der Waals surface area contributed by atoms with Crippen molar-refractivity contribution in [2.75, 3.05) is 26.3 Å². The number of aromatic amines is 1. The van der Waals surface area contributed by atoms with E-state index in [4.69, 9.17) is 4.74 Å². The first kappa shape index (κ1) is 20.3. The van der Waals surface area contributed by atoms with Gasteiger partial charge in [0.1, 0.15) is 6.04 Å². The van der Waals surface area contributed by atoms with Gasteiger partial charge in [0.05, 0.1) is 24.8 Å². The molecular weight excluding hydrogens is 392 g/mol. The highest BCUT2D eigenvalue weighted by Crippen LogP contribution is 2.33. The van der Waals surface area contributed by atoms with Crippen molar-refractivity contribution in [3.63, 3.8) is 0 Å². The van der Waals surface area contributed by atoms with Gasteiger partial charge < -0.3 is 9.72 Å². The highest BCUT2D eigenvalue weighted by molar-refractivity contribution is 5.83. The molecule has 8 heteroatoms. The zero-order valence-electron chi connectivity index (χ0n) is 18.3. The summed E-state index contributed by atoms with van der Waals surface area (Å²) < 4.78 is 7.59. The molecule has 2 fully saturated rings. The van der Waals surface area contributed by atoms with E-state index in [1.165, 1.54) is 24.8 Å². The number of rotatable bonds is 4. The van der Waals surface area contributed by atoms with Crippen LogP contribution in [0, 0.1) is 13.8 Å². The van der Waals surface area contributed by atoms with Crippen molar-refractivity contribution in [3.05, 3.63) is 51.1 Å². The van der Waals surface area contributed by atoms with Crippen LogP contribution in [0.3, 0.4) is 0 Å². The molecule has 0 bridgehead atoms. The van der Waals surface area contributed by atoms with E-state index >= 15 is 0 Å². The summed E-state index contributed by atoms with van der Waals surface area (Å²) in [5.41, 5.74) is 3.78. The minimum absolute atomic E-state index is 0.0749. The largest absolute Gasteiger partial charge is 0.379 e. The molecule has 3 aromatic rings. The van der Waals surface area contributed by atoms with Gasteiger partial charge in [-0.3, -0.25) is 9.69 Å². The number of morpholine rings is 1. The van der Waals surface area contributed by atoms with Gasteiger partial charge in [-0.1, -0.05) is 30.9 Å². The van der Waals surface area contributed by atoms with Crippen LogP contribution >= 0.6 is 0 Å². The van der Waals surface area contributed by atoms with Crippen LogP contribution in [0.4, 0.5) is 0 Å². The van der Waals surface area contributed by atoms with E-state index in [1.807, 2.05) is 17.7 Å². The normalized spacial score (nSPS) is 19.7. The van der Waals surface area contributed by atoms with Crippen LogP contribution in [0.25, 0.3) is 10.9 Å². The zero-order chi connectivity index (χ0) is 21.4. The van der Waals surface area contributed by atoms with Gasteiger partial charge >= 0.3 is 0 Å². The maximum Gasteiger partial charge on any atom is 0.253 e. The van der Waals surface area contributed by atoms with Crippen LogP contribution in [0.2, 0.25) is 0 Å². The number of nitrogens with one attached hydrogen (secondary N) is 1. The summed E-state index contributed by atoms with van der Waals surface area (Å²) in [4.78, 5) is 18.8. The average molecular weight is 423 g/mol. The lowest BCUT2D eigenvalue weighted by atomic mass is 9.95. The molecule has 0 amide bonds. The van der Waals surface area contributed by atoms with Gasteiger partial charge in [-0.25, -0.2) is 4.68 Å². The number of aromatic nitrogens is 5. The van der Waals surface area contributed by atoms with Crippen molar-refractivity contribution in [3.8, 4) is 0 Å². The van der Waals surface area contributed by atoms with Crippen LogP contribution in [-0.2, 0) is 4.74 Å². The Morgan fingerprint density at radius 2 is 1.87 bits per heavy atom. The van der Waals surface area contributed by atoms with E-state index in [-0.39, 0.29) is 11.6 Å². The molecule has 164 valence electrons. The molecule has 31 heavy (non-hydrogen) atoms. The lowest BCUT2D eigenvalue weighted by molar-refractivity contribution is 0.0209. The van der Waals surface area contributed by atoms with E-state index < -0.39 is 0 Å². The summed E-state index contributed by atoms with van der Waals surface area (Å²) in [7, 11) is 0. The number of fused-ring (bicyclic) bond motifs is 1. The molecule has 2 aromatic heterocycles. The van der Waals surface area contributed by atoms with Gasteiger partial charge in [0, 0.05) is 18.7 Å². The Bertz CT molecular complexity index is 1120. The van der Waals surface area contributed by atoms with Gasteiger partial charge in [-0.15, -0.1) is 5.10 Å². The molecule has 0 unspecified atom stereocenters. The smallest absolute Gasteiger partial charge is 0.253 e. The van der Waals surface area contributed by atoms with Crippen LogP contribution < -0.4 is 5.56 Å². The lowest BCUT2D eigenvalue weighted by Crippen LogP contribution is -2.42. The maximum absolute atomic E-state index is 13.3. The average Bonchev–Trinajstić information content (AvgIpc) is 3.26. The fraction of sp³-hybridized carbons (Fsp3) is 0.565. The Kier molecular flexibility index (Phi) is 5.58. The standard InChI is InChI=1S/C23H30N6O2/c1-15-12-16(2)20-17(13-15)14-19(23(30)24-20)21(28-8-10-31-11-9-28)22-25-26-27-29(22)18-6-4-3-5-7-18/h12-14,18,21H,3-11H2,1-2H3,(H,24,30)/t21-/m0/s1. The number of hydrogen-bond donors (Lipinski definition) is 1. The molecule has 3 heterocycles. The summed E-state index contributed by atoms with van der Waals surface area (Å²) in [6, 6.07) is 6.26. The monoisotopic (exact) mass is 422 g/mol. The predicted octanol–water partition coefficient (Wildman–Crippen LogP) is 3.06. The third kappa shape index (κ3) is 3.90. The van der Waals surface area contributed by atoms with Crippen molar-refractivity contribution in [2.45, 2.75) is 58.0 Å². The Labute approximate surface area is 181 Å².